The third-order valence-electron chi connectivity index (χ3n) is 3.65. The monoisotopic (exact) mass is 304 g/mol. The Bertz CT molecular complexity index is 462. The van der Waals surface area contributed by atoms with E-state index in [-0.39, 0.29) is 30.3 Å². The van der Waals surface area contributed by atoms with Gasteiger partial charge < -0.3 is 10.6 Å². The summed E-state index contributed by atoms with van der Waals surface area (Å²) in [6, 6.07) is 3.19. The first kappa shape index (κ1) is 16.9. The van der Waals surface area contributed by atoms with Crippen molar-refractivity contribution in [2.45, 2.75) is 19.3 Å². The van der Waals surface area contributed by atoms with Crippen molar-refractivity contribution in [3.63, 3.8) is 0 Å². The van der Waals surface area contributed by atoms with Crippen molar-refractivity contribution in [3.05, 3.63) is 35.4 Å². The van der Waals surface area contributed by atoms with Crippen molar-refractivity contribution in [3.8, 4) is 0 Å². The van der Waals surface area contributed by atoms with Gasteiger partial charge in [-0.15, -0.1) is 12.4 Å². The van der Waals surface area contributed by atoms with Gasteiger partial charge in [0.25, 0.3) is 0 Å². The molecule has 1 amide bonds. The number of amides is 1. The molecular weight excluding hydrogens is 286 g/mol. The number of rotatable bonds is 3. The number of nitrogens with two attached hydrogens (primary N) is 1. The lowest BCUT2D eigenvalue weighted by atomic mass is 9.96. The SMILES string of the molecule is Cl.NCC1CCN(C(=O)Cc2cc(F)ccc2F)CC1. The Hall–Kier alpha value is -1.20. The van der Waals surface area contributed by atoms with Crippen molar-refractivity contribution in [2.75, 3.05) is 19.6 Å². The van der Waals surface area contributed by atoms with E-state index >= 15 is 0 Å². The second-order valence-corrected chi connectivity index (χ2v) is 4.97. The average Bonchev–Trinajstić information content (AvgIpc) is 2.43. The molecule has 0 radical (unpaired) electrons. The van der Waals surface area contributed by atoms with Crippen LogP contribution in [0.4, 0.5) is 8.78 Å². The molecule has 3 nitrogen and oxygen atoms in total. The molecule has 1 fully saturated rings. The summed E-state index contributed by atoms with van der Waals surface area (Å²) in [5.41, 5.74) is 5.71. The highest BCUT2D eigenvalue weighted by Gasteiger charge is 2.22. The van der Waals surface area contributed by atoms with E-state index < -0.39 is 11.6 Å². The minimum Gasteiger partial charge on any atom is -0.342 e. The Morgan fingerprint density at radius 3 is 2.55 bits per heavy atom. The molecule has 1 aromatic carbocycles. The molecule has 1 aliphatic heterocycles. The van der Waals surface area contributed by atoms with Crippen LogP contribution in [-0.2, 0) is 11.2 Å². The topological polar surface area (TPSA) is 46.3 Å². The van der Waals surface area contributed by atoms with Crippen LogP contribution in [0.2, 0.25) is 0 Å². The van der Waals surface area contributed by atoms with E-state index in [4.69, 9.17) is 5.73 Å². The normalized spacial score (nSPS) is 15.8. The number of carbonyl (C=O) groups excluding carboxylic acids is 1. The van der Waals surface area contributed by atoms with Crippen LogP contribution in [0, 0.1) is 17.6 Å². The molecule has 1 heterocycles. The van der Waals surface area contributed by atoms with Crippen molar-refractivity contribution < 1.29 is 13.6 Å². The Labute approximate surface area is 123 Å². The highest BCUT2D eigenvalue weighted by atomic mass is 35.5. The standard InChI is InChI=1S/C14H18F2N2O.ClH/c15-12-1-2-13(16)11(7-12)8-14(19)18-5-3-10(9-17)4-6-18;/h1-2,7,10H,3-6,8-9,17H2;1H. The van der Waals surface area contributed by atoms with Crippen LogP contribution in [0.3, 0.4) is 0 Å². The van der Waals surface area contributed by atoms with Gasteiger partial charge in [-0.1, -0.05) is 0 Å². The first-order valence-electron chi connectivity index (χ1n) is 6.52. The number of benzene rings is 1. The van der Waals surface area contributed by atoms with Gasteiger partial charge in [-0.05, 0) is 43.5 Å². The van der Waals surface area contributed by atoms with E-state index in [1.165, 1.54) is 0 Å². The van der Waals surface area contributed by atoms with Crippen molar-refractivity contribution in [1.82, 2.24) is 4.90 Å². The Morgan fingerprint density at radius 1 is 1.30 bits per heavy atom. The van der Waals surface area contributed by atoms with Gasteiger partial charge in [-0.25, -0.2) is 8.78 Å². The van der Waals surface area contributed by atoms with Crippen LogP contribution in [0.25, 0.3) is 0 Å². The zero-order valence-corrected chi connectivity index (χ0v) is 12.0. The summed E-state index contributed by atoms with van der Waals surface area (Å²) in [7, 11) is 0. The van der Waals surface area contributed by atoms with Crippen LogP contribution in [0.1, 0.15) is 18.4 Å². The fourth-order valence-electron chi connectivity index (χ4n) is 2.37. The van der Waals surface area contributed by atoms with E-state index in [1.54, 1.807) is 4.90 Å². The predicted molar refractivity (Wildman–Crippen MR) is 75.7 cm³/mol. The van der Waals surface area contributed by atoms with E-state index in [0.717, 1.165) is 31.0 Å². The van der Waals surface area contributed by atoms with E-state index in [9.17, 15) is 13.6 Å². The molecule has 0 spiro atoms. The van der Waals surface area contributed by atoms with Crippen LogP contribution in [-0.4, -0.2) is 30.4 Å². The second-order valence-electron chi connectivity index (χ2n) is 4.97. The van der Waals surface area contributed by atoms with E-state index in [1.807, 2.05) is 0 Å². The van der Waals surface area contributed by atoms with Gasteiger partial charge in [0, 0.05) is 18.7 Å². The lowest BCUT2D eigenvalue weighted by Crippen LogP contribution is -2.40. The maximum atomic E-state index is 13.5. The van der Waals surface area contributed by atoms with Crippen LogP contribution >= 0.6 is 12.4 Å². The molecule has 2 N–H and O–H groups in total. The van der Waals surface area contributed by atoms with Gasteiger partial charge >= 0.3 is 0 Å². The maximum absolute atomic E-state index is 13.5. The van der Waals surface area contributed by atoms with Gasteiger partial charge in [-0.2, -0.15) is 0 Å². The quantitative estimate of drug-likeness (QED) is 0.930. The number of halogens is 3. The number of hydrogen-bond acceptors (Lipinski definition) is 2. The third-order valence-corrected chi connectivity index (χ3v) is 3.65. The van der Waals surface area contributed by atoms with Gasteiger partial charge in [0.15, 0.2) is 0 Å². The molecule has 20 heavy (non-hydrogen) atoms. The van der Waals surface area contributed by atoms with Gasteiger partial charge in [-0.3, -0.25) is 4.79 Å². The first-order chi connectivity index (χ1) is 9.10. The molecule has 0 atom stereocenters. The van der Waals surface area contributed by atoms with Gasteiger partial charge in [0.1, 0.15) is 11.6 Å². The molecule has 0 bridgehead atoms. The summed E-state index contributed by atoms with van der Waals surface area (Å²) in [6.07, 6.45) is 1.68. The molecule has 0 saturated carbocycles. The Morgan fingerprint density at radius 2 is 1.95 bits per heavy atom. The fourth-order valence-corrected chi connectivity index (χ4v) is 2.37. The second kappa shape index (κ2) is 7.55. The highest BCUT2D eigenvalue weighted by Crippen LogP contribution is 2.18. The number of nitrogens with zero attached hydrogens (tertiary/aromatic N) is 1. The molecule has 1 saturated heterocycles. The fraction of sp³-hybridized carbons (Fsp3) is 0.500. The lowest BCUT2D eigenvalue weighted by molar-refractivity contribution is -0.131. The third kappa shape index (κ3) is 4.15. The summed E-state index contributed by atoms with van der Waals surface area (Å²) >= 11 is 0. The number of carbonyl (C=O) groups is 1. The zero-order valence-electron chi connectivity index (χ0n) is 11.1. The largest absolute Gasteiger partial charge is 0.342 e. The number of likely N-dealkylation sites (tertiary alicyclic amines) is 1. The molecular formula is C14H19ClF2N2O. The summed E-state index contributed by atoms with van der Waals surface area (Å²) in [4.78, 5) is 13.7. The van der Waals surface area contributed by atoms with Crippen molar-refractivity contribution in [2.24, 2.45) is 11.7 Å². The minimum atomic E-state index is -0.536. The molecule has 0 aliphatic carbocycles. The number of hydrogen-bond donors (Lipinski definition) is 1. The predicted octanol–water partition coefficient (Wildman–Crippen LogP) is 2.13. The molecule has 1 aromatic rings. The molecule has 0 aromatic heterocycles. The molecule has 0 unspecified atom stereocenters. The molecule has 1 aliphatic rings. The Kier molecular flexibility index (Phi) is 6.36. The molecule has 112 valence electrons. The number of piperidine rings is 1. The lowest BCUT2D eigenvalue weighted by Gasteiger charge is -2.31. The Balaban J connectivity index is 0.00000200. The van der Waals surface area contributed by atoms with Gasteiger partial charge in [0.05, 0.1) is 6.42 Å². The van der Waals surface area contributed by atoms with E-state index in [2.05, 4.69) is 0 Å². The smallest absolute Gasteiger partial charge is 0.227 e. The summed E-state index contributed by atoms with van der Waals surface area (Å²) in [6.45, 7) is 1.94. The van der Waals surface area contributed by atoms with E-state index in [0.29, 0.717) is 25.6 Å². The average molecular weight is 305 g/mol. The summed E-state index contributed by atoms with van der Waals surface area (Å²) in [5.74, 6) is -0.743. The molecule has 2 rings (SSSR count). The highest BCUT2D eigenvalue weighted by molar-refractivity contribution is 5.85. The minimum absolute atomic E-state index is 0. The van der Waals surface area contributed by atoms with Crippen molar-refractivity contribution >= 4 is 18.3 Å². The summed E-state index contributed by atoms with van der Waals surface area (Å²) in [5, 5.41) is 0. The maximum Gasteiger partial charge on any atom is 0.227 e. The van der Waals surface area contributed by atoms with Crippen LogP contribution < -0.4 is 5.73 Å². The summed E-state index contributed by atoms with van der Waals surface area (Å²) < 4.78 is 26.5. The van der Waals surface area contributed by atoms with Crippen LogP contribution in [0.5, 0.6) is 0 Å². The van der Waals surface area contributed by atoms with Crippen LogP contribution in [0.15, 0.2) is 18.2 Å². The van der Waals surface area contributed by atoms with Crippen molar-refractivity contribution in [1.29, 1.82) is 0 Å². The van der Waals surface area contributed by atoms with Gasteiger partial charge in [0.2, 0.25) is 5.91 Å². The first-order valence-corrected chi connectivity index (χ1v) is 6.52. The molecule has 6 heteroatoms. The zero-order chi connectivity index (χ0) is 13.8.